The number of nitrogens with one attached hydrogen (secondary N) is 2. The van der Waals surface area contributed by atoms with Crippen LogP contribution in [-0.2, 0) is 0 Å². The molecule has 0 heterocycles. The molecule has 3 aromatic rings. The first-order valence-electron chi connectivity index (χ1n) is 8.81. The number of anilines is 2. The first-order chi connectivity index (χ1) is 14.4. The van der Waals surface area contributed by atoms with Gasteiger partial charge in [0, 0.05) is 11.1 Å². The SMILES string of the molecule is COc1ccc(C(=O)Nc2ccccc2NC(=O)c2ccc(OC)c(I)c2)cc1I. The predicted molar refractivity (Wildman–Crippen MR) is 134 cm³/mol. The van der Waals surface area contributed by atoms with Crippen molar-refractivity contribution in [2.45, 2.75) is 0 Å². The summed E-state index contributed by atoms with van der Waals surface area (Å²) in [5.74, 6) is 0.843. The molecule has 154 valence electrons. The monoisotopic (exact) mass is 628 g/mol. The van der Waals surface area contributed by atoms with Crippen LogP contribution in [0.5, 0.6) is 11.5 Å². The Balaban J connectivity index is 1.79. The van der Waals surface area contributed by atoms with Crippen LogP contribution in [0.25, 0.3) is 0 Å². The van der Waals surface area contributed by atoms with Crippen LogP contribution in [-0.4, -0.2) is 26.0 Å². The van der Waals surface area contributed by atoms with Crippen molar-refractivity contribution in [3.8, 4) is 11.5 Å². The maximum Gasteiger partial charge on any atom is 0.255 e. The standard InChI is InChI=1S/C22H18I2N2O4/c1-29-19-9-7-13(11-15(19)23)21(27)25-17-5-3-4-6-18(17)26-22(28)14-8-10-20(30-2)16(24)12-14/h3-12H,1-2H3,(H,25,27)(H,26,28). The first kappa shape index (κ1) is 22.3. The minimum atomic E-state index is -0.281. The van der Waals surface area contributed by atoms with Gasteiger partial charge in [-0.05, 0) is 93.7 Å². The summed E-state index contributed by atoms with van der Waals surface area (Å²) in [4.78, 5) is 25.4. The average Bonchev–Trinajstić information content (AvgIpc) is 2.74. The van der Waals surface area contributed by atoms with Gasteiger partial charge >= 0.3 is 0 Å². The molecule has 0 bridgehead atoms. The summed E-state index contributed by atoms with van der Waals surface area (Å²) < 4.78 is 12.1. The summed E-state index contributed by atoms with van der Waals surface area (Å²) in [6, 6.07) is 17.4. The maximum atomic E-state index is 12.7. The molecule has 30 heavy (non-hydrogen) atoms. The fourth-order valence-electron chi connectivity index (χ4n) is 2.71. The van der Waals surface area contributed by atoms with E-state index in [1.807, 2.05) is 0 Å². The topological polar surface area (TPSA) is 76.7 Å². The largest absolute Gasteiger partial charge is 0.496 e. The highest BCUT2D eigenvalue weighted by Crippen LogP contribution is 2.26. The molecule has 0 saturated heterocycles. The van der Waals surface area contributed by atoms with Crippen LogP contribution in [0.1, 0.15) is 20.7 Å². The fraction of sp³-hybridized carbons (Fsp3) is 0.0909. The smallest absolute Gasteiger partial charge is 0.255 e. The predicted octanol–water partition coefficient (Wildman–Crippen LogP) is 5.42. The quantitative estimate of drug-likeness (QED) is 0.358. The van der Waals surface area contributed by atoms with Crippen LogP contribution in [0, 0.1) is 7.14 Å². The second kappa shape index (κ2) is 10.1. The zero-order valence-corrected chi connectivity index (χ0v) is 20.5. The van der Waals surface area contributed by atoms with Gasteiger partial charge in [0.2, 0.25) is 0 Å². The Morgan fingerprint density at radius 1 is 0.700 bits per heavy atom. The van der Waals surface area contributed by atoms with Gasteiger partial charge in [0.15, 0.2) is 0 Å². The van der Waals surface area contributed by atoms with E-state index in [4.69, 9.17) is 9.47 Å². The third-order valence-electron chi connectivity index (χ3n) is 4.25. The highest BCUT2D eigenvalue weighted by Gasteiger charge is 2.14. The molecule has 0 aliphatic rings. The number of ether oxygens (including phenoxy) is 2. The van der Waals surface area contributed by atoms with Gasteiger partial charge in [0.05, 0.1) is 32.7 Å². The van der Waals surface area contributed by atoms with Gasteiger partial charge < -0.3 is 20.1 Å². The van der Waals surface area contributed by atoms with E-state index in [-0.39, 0.29) is 11.8 Å². The van der Waals surface area contributed by atoms with E-state index in [0.29, 0.717) is 34.0 Å². The first-order valence-corrected chi connectivity index (χ1v) is 11.0. The molecule has 2 N–H and O–H groups in total. The van der Waals surface area contributed by atoms with Crippen molar-refractivity contribution < 1.29 is 19.1 Å². The molecular formula is C22H18I2N2O4. The summed E-state index contributed by atoms with van der Waals surface area (Å²) in [5.41, 5.74) is 1.99. The summed E-state index contributed by atoms with van der Waals surface area (Å²) in [6.45, 7) is 0. The number of benzene rings is 3. The van der Waals surface area contributed by atoms with Gasteiger partial charge in [-0.25, -0.2) is 0 Å². The lowest BCUT2D eigenvalue weighted by Crippen LogP contribution is -2.17. The highest BCUT2D eigenvalue weighted by molar-refractivity contribution is 14.1. The minimum Gasteiger partial charge on any atom is -0.496 e. The number of hydrogen-bond donors (Lipinski definition) is 2. The Labute approximate surface area is 201 Å². The van der Waals surface area contributed by atoms with Crippen molar-refractivity contribution >= 4 is 68.4 Å². The van der Waals surface area contributed by atoms with Crippen molar-refractivity contribution in [1.29, 1.82) is 0 Å². The molecule has 2 amide bonds. The number of methoxy groups -OCH3 is 2. The Hall–Kier alpha value is -2.34. The van der Waals surface area contributed by atoms with E-state index in [2.05, 4.69) is 55.8 Å². The lowest BCUT2D eigenvalue weighted by molar-refractivity contribution is 0.101. The molecule has 3 rings (SSSR count). The van der Waals surface area contributed by atoms with E-state index in [1.54, 1.807) is 74.9 Å². The van der Waals surface area contributed by atoms with Gasteiger partial charge in [-0.3, -0.25) is 9.59 Å². The van der Waals surface area contributed by atoms with Crippen molar-refractivity contribution in [2.75, 3.05) is 24.9 Å². The molecule has 0 aliphatic heterocycles. The number of amides is 2. The van der Waals surface area contributed by atoms with E-state index in [9.17, 15) is 9.59 Å². The molecule has 6 nitrogen and oxygen atoms in total. The van der Waals surface area contributed by atoms with Crippen molar-refractivity contribution in [3.05, 3.63) is 78.9 Å². The average molecular weight is 628 g/mol. The Morgan fingerprint density at radius 2 is 1.10 bits per heavy atom. The Bertz CT molecular complexity index is 1020. The lowest BCUT2D eigenvalue weighted by Gasteiger charge is -2.13. The molecule has 0 aromatic heterocycles. The zero-order chi connectivity index (χ0) is 21.7. The van der Waals surface area contributed by atoms with Gasteiger partial charge in [0.25, 0.3) is 11.8 Å². The number of para-hydroxylation sites is 2. The van der Waals surface area contributed by atoms with Crippen LogP contribution in [0.2, 0.25) is 0 Å². The number of rotatable bonds is 6. The minimum absolute atomic E-state index is 0.281. The van der Waals surface area contributed by atoms with E-state index < -0.39 is 0 Å². The van der Waals surface area contributed by atoms with E-state index in [1.165, 1.54) is 0 Å². The summed E-state index contributed by atoms with van der Waals surface area (Å²) >= 11 is 4.23. The normalized spacial score (nSPS) is 10.3. The molecule has 0 unspecified atom stereocenters. The van der Waals surface area contributed by atoms with Crippen LogP contribution >= 0.6 is 45.2 Å². The van der Waals surface area contributed by atoms with Crippen molar-refractivity contribution in [2.24, 2.45) is 0 Å². The second-order valence-electron chi connectivity index (χ2n) is 6.15. The van der Waals surface area contributed by atoms with Crippen molar-refractivity contribution in [1.82, 2.24) is 0 Å². The van der Waals surface area contributed by atoms with Crippen LogP contribution in [0.3, 0.4) is 0 Å². The molecule has 0 atom stereocenters. The summed E-state index contributed by atoms with van der Waals surface area (Å²) in [7, 11) is 3.17. The van der Waals surface area contributed by atoms with E-state index in [0.717, 1.165) is 7.14 Å². The third kappa shape index (κ3) is 5.22. The third-order valence-corrected chi connectivity index (χ3v) is 5.94. The number of hydrogen-bond acceptors (Lipinski definition) is 4. The molecule has 0 spiro atoms. The van der Waals surface area contributed by atoms with Gasteiger partial charge in [-0.15, -0.1) is 0 Å². The molecule has 0 fully saturated rings. The highest BCUT2D eigenvalue weighted by atomic mass is 127. The summed E-state index contributed by atoms with van der Waals surface area (Å²) in [5, 5.41) is 5.72. The molecule has 3 aromatic carbocycles. The molecule has 0 aliphatic carbocycles. The number of halogens is 2. The van der Waals surface area contributed by atoms with Gasteiger partial charge in [0.1, 0.15) is 11.5 Å². The fourth-order valence-corrected chi connectivity index (χ4v) is 4.18. The molecule has 0 saturated carbocycles. The van der Waals surface area contributed by atoms with Crippen LogP contribution in [0.15, 0.2) is 60.7 Å². The molecule has 8 heteroatoms. The molecule has 0 radical (unpaired) electrons. The lowest BCUT2D eigenvalue weighted by atomic mass is 10.1. The number of carbonyl (C=O) groups is 2. The number of carbonyl (C=O) groups excluding carboxylic acids is 2. The van der Waals surface area contributed by atoms with Crippen LogP contribution < -0.4 is 20.1 Å². The Kier molecular flexibility index (Phi) is 7.53. The maximum absolute atomic E-state index is 12.7. The molecular weight excluding hydrogens is 610 g/mol. The Morgan fingerprint density at radius 3 is 1.43 bits per heavy atom. The van der Waals surface area contributed by atoms with Gasteiger partial charge in [-0.1, -0.05) is 12.1 Å². The van der Waals surface area contributed by atoms with Crippen molar-refractivity contribution in [3.63, 3.8) is 0 Å². The second-order valence-corrected chi connectivity index (χ2v) is 8.48. The van der Waals surface area contributed by atoms with E-state index >= 15 is 0 Å². The summed E-state index contributed by atoms with van der Waals surface area (Å²) in [6.07, 6.45) is 0. The van der Waals surface area contributed by atoms with Gasteiger partial charge in [-0.2, -0.15) is 0 Å². The zero-order valence-electron chi connectivity index (χ0n) is 16.2. The van der Waals surface area contributed by atoms with Crippen LogP contribution in [0.4, 0.5) is 11.4 Å².